The van der Waals surface area contributed by atoms with Gasteiger partial charge in [-0.25, -0.2) is 4.98 Å². The fourth-order valence-corrected chi connectivity index (χ4v) is 2.59. The molecule has 1 aromatic heterocycles. The van der Waals surface area contributed by atoms with E-state index in [0.717, 1.165) is 16.3 Å². The molecule has 0 spiro atoms. The van der Waals surface area contributed by atoms with E-state index < -0.39 is 0 Å². The van der Waals surface area contributed by atoms with Gasteiger partial charge in [-0.1, -0.05) is 12.1 Å². The number of carbonyl (C=O) groups is 1. The van der Waals surface area contributed by atoms with Gasteiger partial charge in [0.1, 0.15) is 5.01 Å². The lowest BCUT2D eigenvalue weighted by molar-refractivity contribution is -0.130. The highest BCUT2D eigenvalue weighted by Crippen LogP contribution is 2.29. The summed E-state index contributed by atoms with van der Waals surface area (Å²) in [6, 6.07) is 5.64. The van der Waals surface area contributed by atoms with Gasteiger partial charge in [0.2, 0.25) is 0 Å². The second-order valence-corrected chi connectivity index (χ2v) is 6.27. The second-order valence-electron chi connectivity index (χ2n) is 5.38. The van der Waals surface area contributed by atoms with Crippen molar-refractivity contribution in [2.24, 2.45) is 0 Å². The van der Waals surface area contributed by atoms with Crippen molar-refractivity contribution in [2.75, 3.05) is 27.3 Å². The molecule has 0 atom stereocenters. The number of aromatic nitrogens is 1. The second kappa shape index (κ2) is 8.49. The zero-order chi connectivity index (χ0) is 17.5. The summed E-state index contributed by atoms with van der Waals surface area (Å²) in [5.74, 6) is 1.09. The van der Waals surface area contributed by atoms with E-state index in [9.17, 15) is 4.79 Å². The molecule has 0 bridgehead atoms. The van der Waals surface area contributed by atoms with E-state index in [1.807, 2.05) is 49.6 Å². The quantitative estimate of drug-likeness (QED) is 0.770. The summed E-state index contributed by atoms with van der Waals surface area (Å²) in [6.45, 7) is 4.40. The summed E-state index contributed by atoms with van der Waals surface area (Å²) < 4.78 is 11.2. The van der Waals surface area contributed by atoms with Gasteiger partial charge in [0.15, 0.2) is 18.1 Å². The van der Waals surface area contributed by atoms with E-state index in [1.165, 1.54) is 4.90 Å². The van der Waals surface area contributed by atoms with Crippen molar-refractivity contribution in [1.82, 2.24) is 9.88 Å². The van der Waals surface area contributed by atoms with Crippen LogP contribution in [0.1, 0.15) is 23.2 Å². The lowest BCUT2D eigenvalue weighted by atomic mass is 10.2. The first-order valence-electron chi connectivity index (χ1n) is 7.69. The number of benzene rings is 1. The molecule has 0 aliphatic rings. The molecule has 0 saturated carbocycles. The first-order valence-corrected chi connectivity index (χ1v) is 8.57. The van der Waals surface area contributed by atoms with Crippen LogP contribution in [0.25, 0.3) is 12.2 Å². The average molecular weight is 346 g/mol. The van der Waals surface area contributed by atoms with Gasteiger partial charge < -0.3 is 14.4 Å². The minimum absolute atomic E-state index is 0.0132. The van der Waals surface area contributed by atoms with E-state index in [1.54, 1.807) is 25.4 Å². The third-order valence-electron chi connectivity index (χ3n) is 3.17. The molecule has 0 radical (unpaired) electrons. The van der Waals surface area contributed by atoms with Crippen molar-refractivity contribution in [3.63, 3.8) is 0 Å². The highest BCUT2D eigenvalue weighted by Gasteiger charge is 2.10. The molecule has 0 aliphatic carbocycles. The Hall–Kier alpha value is -2.34. The molecule has 2 aromatic rings. The minimum atomic E-state index is -0.0967. The maximum atomic E-state index is 11.7. The summed E-state index contributed by atoms with van der Waals surface area (Å²) in [5, 5.41) is 2.98. The zero-order valence-electron chi connectivity index (χ0n) is 14.4. The summed E-state index contributed by atoms with van der Waals surface area (Å²) >= 11 is 1.60. The molecule has 1 heterocycles. The minimum Gasteiger partial charge on any atom is -0.490 e. The van der Waals surface area contributed by atoms with Crippen LogP contribution in [-0.4, -0.2) is 43.1 Å². The van der Waals surface area contributed by atoms with Crippen LogP contribution in [0.4, 0.5) is 0 Å². The van der Waals surface area contributed by atoms with E-state index in [-0.39, 0.29) is 12.5 Å². The Kier molecular flexibility index (Phi) is 6.37. The normalized spacial score (nSPS) is 10.8. The predicted molar refractivity (Wildman–Crippen MR) is 97.6 cm³/mol. The molecule has 2 rings (SSSR count). The van der Waals surface area contributed by atoms with Crippen molar-refractivity contribution in [2.45, 2.75) is 13.8 Å². The number of aryl methyl sites for hydroxylation is 1. The van der Waals surface area contributed by atoms with Crippen LogP contribution in [-0.2, 0) is 4.79 Å². The lowest BCUT2D eigenvalue weighted by Gasteiger charge is -2.14. The number of amides is 1. The van der Waals surface area contributed by atoms with Crippen LogP contribution >= 0.6 is 11.3 Å². The number of hydrogen-bond acceptors (Lipinski definition) is 5. The molecule has 128 valence electrons. The van der Waals surface area contributed by atoms with Gasteiger partial charge in [-0.2, -0.15) is 0 Å². The first-order chi connectivity index (χ1) is 11.5. The first kappa shape index (κ1) is 18.0. The smallest absolute Gasteiger partial charge is 0.259 e. The van der Waals surface area contributed by atoms with Crippen LogP contribution in [0.3, 0.4) is 0 Å². The van der Waals surface area contributed by atoms with Gasteiger partial charge in [0, 0.05) is 25.2 Å². The molecule has 0 saturated heterocycles. The number of carbonyl (C=O) groups excluding carboxylic acids is 1. The average Bonchev–Trinajstić information content (AvgIpc) is 2.97. The number of nitrogens with zero attached hydrogens (tertiary/aromatic N) is 2. The number of ether oxygens (including phenoxy) is 2. The van der Waals surface area contributed by atoms with E-state index in [2.05, 4.69) is 4.98 Å². The fourth-order valence-electron chi connectivity index (χ4n) is 1.90. The maximum absolute atomic E-state index is 11.7. The van der Waals surface area contributed by atoms with Crippen LogP contribution in [0.2, 0.25) is 0 Å². The highest BCUT2D eigenvalue weighted by atomic mass is 32.1. The van der Waals surface area contributed by atoms with Gasteiger partial charge in [0.05, 0.1) is 6.61 Å². The molecular formula is C18H22N2O3S. The SMILES string of the molecule is CCOc1cc(/C=C/c2nc(C)cs2)ccc1OCC(=O)N(C)C. The maximum Gasteiger partial charge on any atom is 0.259 e. The van der Waals surface area contributed by atoms with Gasteiger partial charge in [0.25, 0.3) is 5.91 Å². The Morgan fingerprint density at radius 3 is 2.67 bits per heavy atom. The van der Waals surface area contributed by atoms with Crippen LogP contribution < -0.4 is 9.47 Å². The summed E-state index contributed by atoms with van der Waals surface area (Å²) in [6.07, 6.45) is 3.95. The van der Waals surface area contributed by atoms with Crippen molar-refractivity contribution >= 4 is 29.4 Å². The van der Waals surface area contributed by atoms with Gasteiger partial charge in [-0.15, -0.1) is 11.3 Å². The Balaban J connectivity index is 2.13. The van der Waals surface area contributed by atoms with Crippen molar-refractivity contribution < 1.29 is 14.3 Å². The number of hydrogen-bond donors (Lipinski definition) is 0. The third-order valence-corrected chi connectivity index (χ3v) is 4.10. The predicted octanol–water partition coefficient (Wildman–Crippen LogP) is 3.49. The molecule has 24 heavy (non-hydrogen) atoms. The molecule has 0 unspecified atom stereocenters. The Bertz CT molecular complexity index is 723. The van der Waals surface area contributed by atoms with E-state index in [0.29, 0.717) is 18.1 Å². The topological polar surface area (TPSA) is 51.7 Å². The van der Waals surface area contributed by atoms with Gasteiger partial charge in [-0.05, 0) is 37.6 Å². The molecular weight excluding hydrogens is 324 g/mol. The summed E-state index contributed by atoms with van der Waals surface area (Å²) in [5.41, 5.74) is 2.00. The van der Waals surface area contributed by atoms with Gasteiger partial charge in [-0.3, -0.25) is 4.79 Å². The van der Waals surface area contributed by atoms with Crippen molar-refractivity contribution in [3.8, 4) is 11.5 Å². The summed E-state index contributed by atoms with van der Waals surface area (Å²) in [7, 11) is 3.40. The number of thiazole rings is 1. The van der Waals surface area contributed by atoms with Crippen molar-refractivity contribution in [1.29, 1.82) is 0 Å². The molecule has 6 heteroatoms. The lowest BCUT2D eigenvalue weighted by Crippen LogP contribution is -2.27. The van der Waals surface area contributed by atoms with Crippen molar-refractivity contribution in [3.05, 3.63) is 39.8 Å². The number of likely N-dealkylation sites (N-methyl/N-ethyl adjacent to an activating group) is 1. The standard InChI is InChI=1S/C18H22N2O3S/c1-5-22-16-10-14(7-9-17-19-13(2)12-24-17)6-8-15(16)23-11-18(21)20(3)4/h6-10,12H,5,11H2,1-4H3/b9-7+. The summed E-state index contributed by atoms with van der Waals surface area (Å²) in [4.78, 5) is 17.6. The number of rotatable bonds is 7. The van der Waals surface area contributed by atoms with Crippen LogP contribution in [0.15, 0.2) is 23.6 Å². The molecule has 1 aromatic carbocycles. The van der Waals surface area contributed by atoms with E-state index >= 15 is 0 Å². The highest BCUT2D eigenvalue weighted by molar-refractivity contribution is 7.10. The Morgan fingerprint density at radius 1 is 1.25 bits per heavy atom. The third kappa shape index (κ3) is 5.09. The monoisotopic (exact) mass is 346 g/mol. The molecule has 1 amide bonds. The molecule has 0 fully saturated rings. The zero-order valence-corrected chi connectivity index (χ0v) is 15.2. The largest absolute Gasteiger partial charge is 0.490 e. The van der Waals surface area contributed by atoms with Crippen LogP contribution in [0, 0.1) is 6.92 Å². The Morgan fingerprint density at radius 2 is 2.04 bits per heavy atom. The van der Waals surface area contributed by atoms with Crippen LogP contribution in [0.5, 0.6) is 11.5 Å². The van der Waals surface area contributed by atoms with Gasteiger partial charge >= 0.3 is 0 Å². The van der Waals surface area contributed by atoms with E-state index in [4.69, 9.17) is 9.47 Å². The molecule has 0 aliphatic heterocycles. The molecule has 0 N–H and O–H groups in total. The fraction of sp³-hybridized carbons (Fsp3) is 0.333. The Labute approximate surface area is 146 Å². The molecule has 5 nitrogen and oxygen atoms in total.